The number of halogens is 1. The van der Waals surface area contributed by atoms with Gasteiger partial charge in [-0.1, -0.05) is 25.1 Å². The maximum Gasteiger partial charge on any atom is 0.264 e. The quantitative estimate of drug-likeness (QED) is 0.242. The van der Waals surface area contributed by atoms with Gasteiger partial charge >= 0.3 is 0 Å². The lowest BCUT2D eigenvalue weighted by atomic mass is 10.1. The molecule has 0 saturated carbocycles. The molecule has 0 bridgehead atoms. The normalized spacial score (nSPS) is 12.7. The zero-order valence-electron chi connectivity index (χ0n) is 24.5. The number of hydrogen-bond donors (Lipinski definition) is 1. The van der Waals surface area contributed by atoms with E-state index in [0.717, 1.165) is 9.20 Å². The molecule has 2 atom stereocenters. The van der Waals surface area contributed by atoms with E-state index in [9.17, 15) is 22.4 Å². The van der Waals surface area contributed by atoms with Crippen molar-refractivity contribution in [1.29, 1.82) is 0 Å². The summed E-state index contributed by atoms with van der Waals surface area (Å²) in [7, 11) is -4.22. The Balaban J connectivity index is 2.04. The largest absolute Gasteiger partial charge is 0.494 e. The van der Waals surface area contributed by atoms with Crippen LogP contribution in [0.2, 0.25) is 0 Å². The Bertz CT molecular complexity index is 1450. The SMILES string of the molecule is CCOc1ccc(N(CC(=O)N(Cc2ccccc2F)[C@@H](C)C(=O)N[C@@H](C)CC)S(=O)(=O)c2ccc(SC)cc2)cc1. The number of carbonyl (C=O) groups is 2. The van der Waals surface area contributed by atoms with Crippen molar-refractivity contribution < 1.29 is 27.1 Å². The summed E-state index contributed by atoms with van der Waals surface area (Å²) in [6.45, 7) is 6.75. The van der Waals surface area contributed by atoms with Crippen molar-refractivity contribution >= 4 is 39.3 Å². The summed E-state index contributed by atoms with van der Waals surface area (Å²) in [5.74, 6) is -1.07. The lowest BCUT2D eigenvalue weighted by Crippen LogP contribution is -2.52. The van der Waals surface area contributed by atoms with Gasteiger partial charge in [0.15, 0.2) is 0 Å². The topological polar surface area (TPSA) is 96.0 Å². The van der Waals surface area contributed by atoms with Crippen LogP contribution in [0.15, 0.2) is 82.6 Å². The smallest absolute Gasteiger partial charge is 0.264 e. The van der Waals surface area contributed by atoms with E-state index in [2.05, 4.69) is 5.32 Å². The highest BCUT2D eigenvalue weighted by Gasteiger charge is 2.33. The molecule has 2 amide bonds. The Hall–Kier alpha value is -3.57. The minimum atomic E-state index is -4.22. The molecule has 8 nitrogen and oxygen atoms in total. The molecule has 0 aromatic heterocycles. The monoisotopic (exact) mass is 615 g/mol. The van der Waals surface area contributed by atoms with Gasteiger partial charge < -0.3 is 15.0 Å². The number of amides is 2. The van der Waals surface area contributed by atoms with Crippen LogP contribution < -0.4 is 14.4 Å². The van der Waals surface area contributed by atoms with Crippen LogP contribution in [0, 0.1) is 5.82 Å². The Morgan fingerprint density at radius 1 is 0.976 bits per heavy atom. The molecule has 3 aromatic rings. The number of nitrogens with zero attached hydrogens (tertiary/aromatic N) is 2. The highest BCUT2D eigenvalue weighted by molar-refractivity contribution is 7.98. The van der Waals surface area contributed by atoms with Crippen molar-refractivity contribution in [1.82, 2.24) is 10.2 Å². The van der Waals surface area contributed by atoms with Gasteiger partial charge in [-0.3, -0.25) is 13.9 Å². The van der Waals surface area contributed by atoms with Crippen LogP contribution in [-0.2, 0) is 26.2 Å². The fourth-order valence-corrected chi connectivity index (χ4v) is 5.96. The van der Waals surface area contributed by atoms with Crippen molar-refractivity contribution in [3.8, 4) is 5.75 Å². The molecular weight excluding hydrogens is 577 g/mol. The average molecular weight is 616 g/mol. The molecule has 0 aliphatic carbocycles. The highest BCUT2D eigenvalue weighted by Crippen LogP contribution is 2.28. The van der Waals surface area contributed by atoms with Crippen LogP contribution in [0.4, 0.5) is 10.1 Å². The molecule has 0 spiro atoms. The first-order chi connectivity index (χ1) is 20.0. The number of nitrogens with one attached hydrogen (secondary N) is 1. The summed E-state index contributed by atoms with van der Waals surface area (Å²) in [5, 5.41) is 2.86. The van der Waals surface area contributed by atoms with Gasteiger partial charge in [-0.25, -0.2) is 12.8 Å². The summed E-state index contributed by atoms with van der Waals surface area (Å²) in [6.07, 6.45) is 2.57. The number of benzene rings is 3. The zero-order valence-corrected chi connectivity index (χ0v) is 26.2. The first-order valence-corrected chi connectivity index (χ1v) is 16.4. The standard InChI is InChI=1S/C31H38FN3O5S2/c1-6-22(3)33-31(37)23(4)34(20-24-10-8-9-11-29(24)32)30(36)21-35(25-12-14-26(15-13-25)40-7-2)42(38,39)28-18-16-27(41-5)17-19-28/h8-19,22-23H,6-7,20-21H2,1-5H3,(H,33,37)/t22-,23-/m0/s1. The van der Waals surface area contributed by atoms with E-state index in [1.54, 1.807) is 49.4 Å². The minimum absolute atomic E-state index is 0.00482. The number of thioether (sulfide) groups is 1. The van der Waals surface area contributed by atoms with Crippen LogP contribution in [0.3, 0.4) is 0 Å². The summed E-state index contributed by atoms with van der Waals surface area (Å²) in [5.41, 5.74) is 0.445. The maximum absolute atomic E-state index is 14.7. The van der Waals surface area contributed by atoms with E-state index in [0.29, 0.717) is 18.8 Å². The molecule has 0 radical (unpaired) electrons. The number of rotatable bonds is 14. The second kappa shape index (κ2) is 15.1. The van der Waals surface area contributed by atoms with Crippen molar-refractivity contribution in [2.45, 2.75) is 62.5 Å². The molecule has 0 aliphatic heterocycles. The van der Waals surface area contributed by atoms with Gasteiger partial charge in [-0.15, -0.1) is 11.8 Å². The van der Waals surface area contributed by atoms with Crippen molar-refractivity contribution in [3.05, 3.63) is 84.2 Å². The Labute approximate surface area is 252 Å². The maximum atomic E-state index is 14.7. The van der Waals surface area contributed by atoms with Gasteiger partial charge in [0.05, 0.1) is 17.2 Å². The van der Waals surface area contributed by atoms with Crippen LogP contribution >= 0.6 is 11.8 Å². The highest BCUT2D eigenvalue weighted by atomic mass is 32.2. The van der Waals surface area contributed by atoms with Crippen LogP contribution in [0.25, 0.3) is 0 Å². The number of anilines is 1. The van der Waals surface area contributed by atoms with Gasteiger partial charge in [0.2, 0.25) is 11.8 Å². The summed E-state index contributed by atoms with van der Waals surface area (Å²) in [6, 6.07) is 17.6. The molecule has 3 rings (SSSR count). The summed E-state index contributed by atoms with van der Waals surface area (Å²) in [4.78, 5) is 29.2. The molecule has 0 unspecified atom stereocenters. The molecule has 0 saturated heterocycles. The van der Waals surface area contributed by atoms with Gasteiger partial charge in [-0.05, 0) is 88.0 Å². The van der Waals surface area contributed by atoms with E-state index in [1.165, 1.54) is 47.0 Å². The van der Waals surface area contributed by atoms with Crippen LogP contribution in [0.5, 0.6) is 5.75 Å². The van der Waals surface area contributed by atoms with Crippen molar-refractivity contribution in [2.24, 2.45) is 0 Å². The second-order valence-corrected chi connectivity index (χ2v) is 12.5. The third-order valence-electron chi connectivity index (χ3n) is 6.83. The van der Waals surface area contributed by atoms with Gasteiger partial charge in [-0.2, -0.15) is 0 Å². The van der Waals surface area contributed by atoms with Crippen LogP contribution in [-0.4, -0.2) is 56.6 Å². The lowest BCUT2D eigenvalue weighted by Gasteiger charge is -2.32. The van der Waals surface area contributed by atoms with Crippen molar-refractivity contribution in [2.75, 3.05) is 23.7 Å². The summed E-state index contributed by atoms with van der Waals surface area (Å²) < 4.78 is 49.2. The van der Waals surface area contributed by atoms with Gasteiger partial charge in [0.1, 0.15) is 24.2 Å². The fourth-order valence-electron chi connectivity index (χ4n) is 4.14. The molecular formula is C31H38FN3O5S2. The molecule has 0 aliphatic rings. The number of sulfonamides is 1. The number of hydrogen-bond acceptors (Lipinski definition) is 6. The third kappa shape index (κ3) is 8.25. The van der Waals surface area contributed by atoms with E-state index >= 15 is 0 Å². The molecule has 1 N–H and O–H groups in total. The number of carbonyl (C=O) groups excluding carboxylic acids is 2. The predicted octanol–water partition coefficient (Wildman–Crippen LogP) is 5.47. The molecule has 0 heterocycles. The molecule has 11 heteroatoms. The molecule has 42 heavy (non-hydrogen) atoms. The Kier molecular flexibility index (Phi) is 11.8. The second-order valence-electron chi connectivity index (χ2n) is 9.72. The van der Waals surface area contributed by atoms with Gasteiger partial charge in [0.25, 0.3) is 10.0 Å². The molecule has 226 valence electrons. The zero-order chi connectivity index (χ0) is 30.9. The van der Waals surface area contributed by atoms with E-state index in [4.69, 9.17) is 4.74 Å². The van der Waals surface area contributed by atoms with E-state index in [-0.39, 0.29) is 28.7 Å². The van der Waals surface area contributed by atoms with Crippen molar-refractivity contribution in [3.63, 3.8) is 0 Å². The first kappa shape index (κ1) is 32.9. The fraction of sp³-hybridized carbons (Fsp3) is 0.355. The van der Waals surface area contributed by atoms with E-state index < -0.39 is 40.2 Å². The Morgan fingerprint density at radius 3 is 2.19 bits per heavy atom. The Morgan fingerprint density at radius 2 is 1.62 bits per heavy atom. The first-order valence-electron chi connectivity index (χ1n) is 13.7. The molecule has 3 aromatic carbocycles. The third-order valence-corrected chi connectivity index (χ3v) is 9.36. The number of ether oxygens (including phenoxy) is 1. The summed E-state index contributed by atoms with van der Waals surface area (Å²) >= 11 is 1.48. The van der Waals surface area contributed by atoms with Gasteiger partial charge in [0, 0.05) is 23.0 Å². The average Bonchev–Trinajstić information content (AvgIpc) is 2.99. The molecule has 0 fully saturated rings. The van der Waals surface area contributed by atoms with Crippen LogP contribution in [0.1, 0.15) is 39.7 Å². The lowest BCUT2D eigenvalue weighted by molar-refractivity contribution is -0.139. The van der Waals surface area contributed by atoms with E-state index in [1.807, 2.05) is 27.0 Å². The predicted molar refractivity (Wildman–Crippen MR) is 165 cm³/mol. The minimum Gasteiger partial charge on any atom is -0.494 e.